The highest BCUT2D eigenvalue weighted by molar-refractivity contribution is 5.77. The Morgan fingerprint density at radius 1 is 1.34 bits per heavy atom. The minimum atomic E-state index is -0.278. The minimum Gasteiger partial charge on any atom is -0.396 e. The van der Waals surface area contributed by atoms with Gasteiger partial charge in [0, 0.05) is 56.6 Å². The van der Waals surface area contributed by atoms with Gasteiger partial charge in [0.2, 0.25) is 5.91 Å². The molecule has 2 fully saturated rings. The molecule has 156 valence electrons. The van der Waals surface area contributed by atoms with Gasteiger partial charge in [0.25, 0.3) is 5.56 Å². The first-order valence-electron chi connectivity index (χ1n) is 10.1. The summed E-state index contributed by atoms with van der Waals surface area (Å²) in [5, 5.41) is 20.5. The molecular formula is C20H27N5O4. The Kier molecular flexibility index (Phi) is 5.51. The van der Waals surface area contributed by atoms with Crippen molar-refractivity contribution in [2.75, 3.05) is 32.8 Å². The summed E-state index contributed by atoms with van der Waals surface area (Å²) >= 11 is 0. The quantitative estimate of drug-likeness (QED) is 0.681. The van der Waals surface area contributed by atoms with Gasteiger partial charge in [-0.25, -0.2) is 5.10 Å². The van der Waals surface area contributed by atoms with E-state index in [0.717, 1.165) is 31.0 Å². The number of nitrogens with one attached hydrogen (secondary N) is 1. The van der Waals surface area contributed by atoms with Crippen LogP contribution in [0.15, 0.2) is 27.5 Å². The fourth-order valence-electron chi connectivity index (χ4n) is 4.55. The molecule has 2 aromatic rings. The van der Waals surface area contributed by atoms with Crippen LogP contribution in [-0.4, -0.2) is 69.0 Å². The number of carbonyl (C=O) groups is 1. The Morgan fingerprint density at radius 3 is 2.86 bits per heavy atom. The molecule has 9 heteroatoms. The van der Waals surface area contributed by atoms with Crippen molar-refractivity contribution in [1.29, 1.82) is 0 Å². The van der Waals surface area contributed by atoms with Crippen molar-refractivity contribution in [1.82, 2.24) is 25.2 Å². The number of carbonyl (C=O) groups excluding carboxylic acids is 1. The second-order valence-corrected chi connectivity index (χ2v) is 8.21. The molecule has 0 aromatic carbocycles. The molecule has 29 heavy (non-hydrogen) atoms. The number of likely N-dealkylation sites (tertiary alicyclic amines) is 2. The molecule has 9 nitrogen and oxygen atoms in total. The predicted molar refractivity (Wildman–Crippen MR) is 104 cm³/mol. The van der Waals surface area contributed by atoms with Crippen LogP contribution >= 0.6 is 0 Å². The molecule has 0 spiro atoms. The number of rotatable bonds is 7. The van der Waals surface area contributed by atoms with Crippen molar-refractivity contribution in [2.24, 2.45) is 11.3 Å². The number of H-pyrrole nitrogens is 1. The Hall–Kier alpha value is -2.52. The zero-order valence-electron chi connectivity index (χ0n) is 16.6. The monoisotopic (exact) mass is 401 g/mol. The first-order valence-corrected chi connectivity index (χ1v) is 10.1. The highest BCUT2D eigenvalue weighted by Gasteiger charge is 2.53. The highest BCUT2D eigenvalue weighted by atomic mass is 16.5. The topological polar surface area (TPSA) is 116 Å². The maximum absolute atomic E-state index is 12.7. The lowest BCUT2D eigenvalue weighted by Gasteiger charge is -2.27. The van der Waals surface area contributed by atoms with Gasteiger partial charge in [-0.1, -0.05) is 12.1 Å². The SMILES string of the molecule is CCc1cc(CN2CC3CN(C(=O)CCc4ccc(=O)[nH]n4)CC3(CO)C2)on1. The predicted octanol–water partition coefficient (Wildman–Crippen LogP) is 0.206. The third-order valence-electron chi connectivity index (χ3n) is 6.18. The van der Waals surface area contributed by atoms with Crippen LogP contribution in [-0.2, 0) is 24.2 Å². The van der Waals surface area contributed by atoms with Gasteiger partial charge in [-0.05, 0) is 18.4 Å². The lowest BCUT2D eigenvalue weighted by Crippen LogP contribution is -2.38. The summed E-state index contributed by atoms with van der Waals surface area (Å²) in [7, 11) is 0. The van der Waals surface area contributed by atoms with Crippen LogP contribution in [0, 0.1) is 11.3 Å². The number of hydrogen-bond donors (Lipinski definition) is 2. The number of nitrogens with zero attached hydrogens (tertiary/aromatic N) is 4. The van der Waals surface area contributed by atoms with Crippen molar-refractivity contribution in [3.05, 3.63) is 45.7 Å². The number of amides is 1. The average Bonchev–Trinajstić information content (AvgIpc) is 3.40. The molecule has 2 N–H and O–H groups in total. The molecule has 0 saturated carbocycles. The summed E-state index contributed by atoms with van der Waals surface area (Å²) in [5.74, 6) is 1.15. The first-order chi connectivity index (χ1) is 14.0. The van der Waals surface area contributed by atoms with Gasteiger partial charge >= 0.3 is 0 Å². The van der Waals surface area contributed by atoms with Gasteiger partial charge < -0.3 is 14.5 Å². The van der Waals surface area contributed by atoms with Gasteiger partial charge in [-0.15, -0.1) is 0 Å². The van der Waals surface area contributed by atoms with Crippen molar-refractivity contribution in [3.8, 4) is 0 Å². The molecule has 0 radical (unpaired) electrons. The molecule has 1 amide bonds. The Balaban J connectivity index is 1.33. The zero-order chi connectivity index (χ0) is 20.4. The summed E-state index contributed by atoms with van der Waals surface area (Å²) in [6.07, 6.45) is 1.67. The summed E-state index contributed by atoms with van der Waals surface area (Å²) in [6.45, 7) is 5.58. The number of aliphatic hydroxyl groups is 1. The first kappa shape index (κ1) is 19.8. The number of aryl methyl sites for hydroxylation is 2. The second-order valence-electron chi connectivity index (χ2n) is 8.21. The summed E-state index contributed by atoms with van der Waals surface area (Å²) in [5.41, 5.74) is 1.11. The Labute approximate surface area is 168 Å². The summed E-state index contributed by atoms with van der Waals surface area (Å²) in [4.78, 5) is 27.9. The van der Waals surface area contributed by atoms with E-state index in [4.69, 9.17) is 4.52 Å². The van der Waals surface area contributed by atoms with Crippen LogP contribution < -0.4 is 5.56 Å². The lowest BCUT2D eigenvalue weighted by atomic mass is 9.82. The van der Waals surface area contributed by atoms with Gasteiger partial charge in [0.05, 0.1) is 24.5 Å². The zero-order valence-corrected chi connectivity index (χ0v) is 16.6. The third-order valence-corrected chi connectivity index (χ3v) is 6.18. The normalized spacial score (nSPS) is 24.2. The van der Waals surface area contributed by atoms with Crippen molar-refractivity contribution in [3.63, 3.8) is 0 Å². The second kappa shape index (κ2) is 8.08. The smallest absolute Gasteiger partial charge is 0.264 e. The molecular weight excluding hydrogens is 374 g/mol. The molecule has 4 rings (SSSR count). The minimum absolute atomic E-state index is 0.0644. The molecule has 2 aliphatic heterocycles. The molecule has 4 heterocycles. The number of aromatic nitrogens is 3. The summed E-state index contributed by atoms with van der Waals surface area (Å²) < 4.78 is 5.40. The van der Waals surface area contributed by atoms with E-state index < -0.39 is 0 Å². The van der Waals surface area contributed by atoms with Crippen LogP contribution in [0.2, 0.25) is 0 Å². The van der Waals surface area contributed by atoms with E-state index in [0.29, 0.717) is 38.2 Å². The molecule has 2 aromatic heterocycles. The highest BCUT2D eigenvalue weighted by Crippen LogP contribution is 2.42. The van der Waals surface area contributed by atoms with Crippen molar-refractivity contribution in [2.45, 2.75) is 32.7 Å². The van der Waals surface area contributed by atoms with E-state index in [2.05, 4.69) is 20.3 Å². The van der Waals surface area contributed by atoms with Crippen molar-refractivity contribution < 1.29 is 14.4 Å². The van der Waals surface area contributed by atoms with Gasteiger partial charge in [-0.3, -0.25) is 14.5 Å². The largest absolute Gasteiger partial charge is 0.396 e. The maximum atomic E-state index is 12.7. The van der Waals surface area contributed by atoms with E-state index in [9.17, 15) is 14.7 Å². The van der Waals surface area contributed by atoms with Crippen LogP contribution in [0.4, 0.5) is 0 Å². The van der Waals surface area contributed by atoms with Crippen LogP contribution in [0.3, 0.4) is 0 Å². The Morgan fingerprint density at radius 2 is 2.21 bits per heavy atom. The van der Waals surface area contributed by atoms with Crippen LogP contribution in [0.25, 0.3) is 0 Å². The van der Waals surface area contributed by atoms with E-state index in [1.165, 1.54) is 6.07 Å². The number of hydrogen-bond acceptors (Lipinski definition) is 7. The standard InChI is InChI=1S/C20H27N5O4/c1-2-15-7-17(29-23-15)10-24-8-14-9-25(12-20(14,11-24)13-26)19(28)6-4-16-3-5-18(27)22-21-16/h3,5,7,14,26H,2,4,6,8-13H2,1H3,(H,22,27). The summed E-state index contributed by atoms with van der Waals surface area (Å²) in [6, 6.07) is 5.05. The molecule has 2 aliphatic rings. The third kappa shape index (κ3) is 4.11. The van der Waals surface area contributed by atoms with E-state index in [-0.39, 0.29) is 29.4 Å². The molecule has 2 atom stereocenters. The Bertz CT molecular complexity index is 905. The van der Waals surface area contributed by atoms with Gasteiger partial charge in [0.15, 0.2) is 5.76 Å². The molecule has 0 bridgehead atoms. The van der Waals surface area contributed by atoms with Gasteiger partial charge in [0.1, 0.15) is 0 Å². The van der Waals surface area contributed by atoms with E-state index >= 15 is 0 Å². The fraction of sp³-hybridized carbons (Fsp3) is 0.600. The number of fused-ring (bicyclic) bond motifs is 1. The molecule has 2 saturated heterocycles. The fourth-order valence-corrected chi connectivity index (χ4v) is 4.55. The van der Waals surface area contributed by atoms with Crippen LogP contribution in [0.5, 0.6) is 0 Å². The van der Waals surface area contributed by atoms with E-state index in [1.807, 2.05) is 17.9 Å². The number of aromatic amines is 1. The molecule has 0 aliphatic carbocycles. The van der Waals surface area contributed by atoms with E-state index in [1.54, 1.807) is 6.07 Å². The average molecular weight is 401 g/mol. The van der Waals surface area contributed by atoms with Crippen molar-refractivity contribution >= 4 is 5.91 Å². The molecule has 2 unspecified atom stereocenters. The maximum Gasteiger partial charge on any atom is 0.264 e. The van der Waals surface area contributed by atoms with Crippen LogP contribution in [0.1, 0.15) is 30.5 Å². The number of aliphatic hydroxyl groups excluding tert-OH is 1. The van der Waals surface area contributed by atoms with Gasteiger partial charge in [-0.2, -0.15) is 5.10 Å². The lowest BCUT2D eigenvalue weighted by molar-refractivity contribution is -0.130.